The van der Waals surface area contributed by atoms with Crippen LogP contribution in [0.5, 0.6) is 0 Å². The summed E-state index contributed by atoms with van der Waals surface area (Å²) < 4.78 is 7.57. The highest BCUT2D eigenvalue weighted by molar-refractivity contribution is 5.76. The maximum atomic E-state index is 5.74. The lowest BCUT2D eigenvalue weighted by atomic mass is 10.3. The summed E-state index contributed by atoms with van der Waals surface area (Å²) in [7, 11) is 0. The van der Waals surface area contributed by atoms with Crippen molar-refractivity contribution in [1.82, 2.24) is 19.7 Å². The summed E-state index contributed by atoms with van der Waals surface area (Å²) >= 11 is 0. The Hall–Kier alpha value is -2.37. The molecule has 104 valence electrons. The number of fused-ring (bicyclic) bond motifs is 1. The molecule has 20 heavy (non-hydrogen) atoms. The Morgan fingerprint density at radius 2 is 2.05 bits per heavy atom. The van der Waals surface area contributed by atoms with Gasteiger partial charge in [-0.05, 0) is 18.2 Å². The molecule has 0 saturated carbocycles. The molecule has 0 amide bonds. The number of nitrogen functional groups attached to an aromatic ring is 1. The van der Waals surface area contributed by atoms with Gasteiger partial charge in [-0.1, -0.05) is 13.8 Å². The number of nitrogens with two attached hydrogens (primary N) is 1. The molecule has 6 nitrogen and oxygen atoms in total. The lowest BCUT2D eigenvalue weighted by Gasteiger charge is -1.99. The Bertz CT molecular complexity index is 743. The van der Waals surface area contributed by atoms with Crippen molar-refractivity contribution in [2.24, 2.45) is 0 Å². The first-order valence-electron chi connectivity index (χ1n) is 6.77. The van der Waals surface area contributed by atoms with Crippen molar-refractivity contribution in [2.75, 3.05) is 5.73 Å². The van der Waals surface area contributed by atoms with Crippen LogP contribution in [0.2, 0.25) is 0 Å². The standard InChI is InChI=1S/C14H17N5O/c1-3-12-17-13(4-2)19(18-12)8-14-16-10-7-9(15)5-6-11(10)20-14/h5-7H,3-4,8,15H2,1-2H3. The maximum absolute atomic E-state index is 5.74. The van der Waals surface area contributed by atoms with Gasteiger partial charge in [-0.25, -0.2) is 14.6 Å². The maximum Gasteiger partial charge on any atom is 0.217 e. The Morgan fingerprint density at radius 3 is 2.80 bits per heavy atom. The predicted octanol–water partition coefficient (Wildman–Crippen LogP) is 2.17. The van der Waals surface area contributed by atoms with Gasteiger partial charge in [-0.2, -0.15) is 5.10 Å². The largest absolute Gasteiger partial charge is 0.439 e. The Morgan fingerprint density at radius 1 is 1.20 bits per heavy atom. The van der Waals surface area contributed by atoms with E-state index in [0.29, 0.717) is 18.1 Å². The average Bonchev–Trinajstić information content (AvgIpc) is 3.01. The van der Waals surface area contributed by atoms with Crippen LogP contribution >= 0.6 is 0 Å². The second kappa shape index (κ2) is 4.96. The van der Waals surface area contributed by atoms with E-state index in [1.807, 2.05) is 23.7 Å². The van der Waals surface area contributed by atoms with Gasteiger partial charge in [0.15, 0.2) is 11.4 Å². The molecule has 1 aromatic carbocycles. The first kappa shape index (κ1) is 12.7. The zero-order valence-corrected chi connectivity index (χ0v) is 11.6. The van der Waals surface area contributed by atoms with Crippen molar-refractivity contribution in [3.63, 3.8) is 0 Å². The molecule has 2 N–H and O–H groups in total. The highest BCUT2D eigenvalue weighted by atomic mass is 16.3. The van der Waals surface area contributed by atoms with E-state index in [0.717, 1.165) is 35.6 Å². The molecule has 0 aliphatic heterocycles. The number of nitrogens with zero attached hydrogens (tertiary/aromatic N) is 4. The first-order chi connectivity index (χ1) is 9.69. The van der Waals surface area contributed by atoms with E-state index in [4.69, 9.17) is 10.2 Å². The molecule has 0 radical (unpaired) electrons. The number of oxazole rings is 1. The van der Waals surface area contributed by atoms with Gasteiger partial charge in [0.25, 0.3) is 0 Å². The minimum absolute atomic E-state index is 0.491. The molecular weight excluding hydrogens is 254 g/mol. The minimum atomic E-state index is 0.491. The van der Waals surface area contributed by atoms with E-state index in [2.05, 4.69) is 22.0 Å². The van der Waals surface area contributed by atoms with Crippen LogP contribution in [-0.2, 0) is 19.4 Å². The molecule has 2 heterocycles. The van der Waals surface area contributed by atoms with Crippen LogP contribution in [0.3, 0.4) is 0 Å². The Labute approximate surface area is 116 Å². The monoisotopic (exact) mass is 271 g/mol. The summed E-state index contributed by atoms with van der Waals surface area (Å²) in [6.45, 7) is 4.60. The van der Waals surface area contributed by atoms with Crippen LogP contribution in [-0.4, -0.2) is 19.7 Å². The van der Waals surface area contributed by atoms with Crippen LogP contribution in [0, 0.1) is 0 Å². The number of aryl methyl sites for hydroxylation is 2. The van der Waals surface area contributed by atoms with E-state index < -0.39 is 0 Å². The summed E-state index contributed by atoms with van der Waals surface area (Å²) in [4.78, 5) is 8.92. The third-order valence-electron chi connectivity index (χ3n) is 3.17. The number of hydrogen-bond acceptors (Lipinski definition) is 5. The fraction of sp³-hybridized carbons (Fsp3) is 0.357. The first-order valence-corrected chi connectivity index (χ1v) is 6.77. The van der Waals surface area contributed by atoms with E-state index in [1.54, 1.807) is 6.07 Å². The molecular formula is C14H17N5O. The second-order valence-electron chi connectivity index (χ2n) is 4.64. The lowest BCUT2D eigenvalue weighted by Crippen LogP contribution is -2.06. The van der Waals surface area contributed by atoms with Gasteiger partial charge < -0.3 is 10.2 Å². The van der Waals surface area contributed by atoms with E-state index >= 15 is 0 Å². The number of benzene rings is 1. The van der Waals surface area contributed by atoms with Crippen molar-refractivity contribution in [3.8, 4) is 0 Å². The van der Waals surface area contributed by atoms with Gasteiger partial charge in [-0.3, -0.25) is 0 Å². The second-order valence-corrected chi connectivity index (χ2v) is 4.64. The van der Waals surface area contributed by atoms with Gasteiger partial charge >= 0.3 is 0 Å². The molecule has 0 aliphatic carbocycles. The molecule has 0 aliphatic rings. The summed E-state index contributed by atoms with van der Waals surface area (Å²) in [6, 6.07) is 5.45. The van der Waals surface area contributed by atoms with Crippen LogP contribution in [0.1, 0.15) is 31.4 Å². The summed E-state index contributed by atoms with van der Waals surface area (Å²) in [5.74, 6) is 2.42. The van der Waals surface area contributed by atoms with Gasteiger partial charge in [0, 0.05) is 18.5 Å². The molecule has 0 spiro atoms. The van der Waals surface area contributed by atoms with Crippen LogP contribution < -0.4 is 5.73 Å². The van der Waals surface area contributed by atoms with Crippen molar-refractivity contribution in [3.05, 3.63) is 35.7 Å². The molecule has 0 unspecified atom stereocenters. The molecule has 6 heteroatoms. The van der Waals surface area contributed by atoms with E-state index in [-0.39, 0.29) is 0 Å². The summed E-state index contributed by atoms with van der Waals surface area (Å²) in [5.41, 5.74) is 7.94. The van der Waals surface area contributed by atoms with E-state index in [1.165, 1.54) is 0 Å². The predicted molar refractivity (Wildman–Crippen MR) is 76.3 cm³/mol. The van der Waals surface area contributed by atoms with Crippen molar-refractivity contribution < 1.29 is 4.42 Å². The Kier molecular flexibility index (Phi) is 3.14. The topological polar surface area (TPSA) is 82.8 Å². The number of hydrogen-bond donors (Lipinski definition) is 1. The van der Waals surface area contributed by atoms with Crippen LogP contribution in [0.4, 0.5) is 5.69 Å². The molecule has 2 aromatic heterocycles. The minimum Gasteiger partial charge on any atom is -0.439 e. The normalized spacial score (nSPS) is 11.3. The zero-order chi connectivity index (χ0) is 14.1. The molecule has 3 aromatic rings. The van der Waals surface area contributed by atoms with Gasteiger partial charge in [0.2, 0.25) is 5.89 Å². The summed E-state index contributed by atoms with van der Waals surface area (Å²) in [6.07, 6.45) is 1.66. The summed E-state index contributed by atoms with van der Waals surface area (Å²) in [5, 5.41) is 4.46. The smallest absolute Gasteiger partial charge is 0.217 e. The molecule has 3 rings (SSSR count). The van der Waals surface area contributed by atoms with Crippen molar-refractivity contribution >= 4 is 16.8 Å². The van der Waals surface area contributed by atoms with Gasteiger partial charge in [0.1, 0.15) is 17.9 Å². The van der Waals surface area contributed by atoms with E-state index in [9.17, 15) is 0 Å². The fourth-order valence-corrected chi connectivity index (χ4v) is 2.15. The average molecular weight is 271 g/mol. The third kappa shape index (κ3) is 2.24. The van der Waals surface area contributed by atoms with Gasteiger partial charge in [0.05, 0.1) is 0 Å². The quantitative estimate of drug-likeness (QED) is 0.735. The lowest BCUT2D eigenvalue weighted by molar-refractivity contribution is 0.482. The highest BCUT2D eigenvalue weighted by Gasteiger charge is 2.11. The highest BCUT2D eigenvalue weighted by Crippen LogP contribution is 2.19. The van der Waals surface area contributed by atoms with Crippen molar-refractivity contribution in [1.29, 1.82) is 0 Å². The molecule has 0 bridgehead atoms. The number of rotatable bonds is 4. The van der Waals surface area contributed by atoms with Crippen LogP contribution in [0.25, 0.3) is 11.1 Å². The number of aromatic nitrogens is 4. The number of anilines is 1. The van der Waals surface area contributed by atoms with Crippen molar-refractivity contribution in [2.45, 2.75) is 33.2 Å². The molecule has 0 fully saturated rings. The molecule has 0 saturated heterocycles. The van der Waals surface area contributed by atoms with Gasteiger partial charge in [-0.15, -0.1) is 0 Å². The van der Waals surface area contributed by atoms with Crippen LogP contribution in [0.15, 0.2) is 22.6 Å². The molecule has 0 atom stereocenters. The third-order valence-corrected chi connectivity index (χ3v) is 3.17. The zero-order valence-electron chi connectivity index (χ0n) is 11.6. The SMILES string of the molecule is CCc1nc(CC)n(Cc2nc3cc(N)ccc3o2)n1. The fourth-order valence-electron chi connectivity index (χ4n) is 2.15. The Balaban J connectivity index is 1.94.